The first kappa shape index (κ1) is 16.3. The fourth-order valence-corrected chi connectivity index (χ4v) is 3.23. The molecule has 0 radical (unpaired) electrons. The van der Waals surface area contributed by atoms with Crippen LogP contribution >= 0.6 is 11.3 Å². The number of fused-ring (bicyclic) bond motifs is 1. The van der Waals surface area contributed by atoms with Gasteiger partial charge in [-0.2, -0.15) is 0 Å². The van der Waals surface area contributed by atoms with E-state index in [1.807, 2.05) is 0 Å². The molecule has 0 unspecified atom stereocenters. The summed E-state index contributed by atoms with van der Waals surface area (Å²) in [6.45, 7) is 4.13. The number of rotatable bonds is 4. The largest absolute Gasteiger partial charge is 0.358 e. The number of hydrogen-bond acceptors (Lipinski definition) is 5. The average Bonchev–Trinajstić information content (AvgIpc) is 2.94. The molecule has 1 amide bonds. The summed E-state index contributed by atoms with van der Waals surface area (Å²) in [5.41, 5.74) is -0.560. The number of benzene rings is 1. The molecule has 0 aliphatic rings. The number of H-pyrrole nitrogens is 1. The van der Waals surface area contributed by atoms with Crippen molar-refractivity contribution >= 4 is 33.3 Å². The van der Waals surface area contributed by atoms with Gasteiger partial charge in [-0.05, 0) is 18.1 Å². The van der Waals surface area contributed by atoms with Crippen LogP contribution in [0.2, 0.25) is 0 Å². The summed E-state index contributed by atoms with van der Waals surface area (Å²) >= 11 is 1.27. The maximum Gasteiger partial charge on any atom is 0.262 e. The molecule has 0 bridgehead atoms. The van der Waals surface area contributed by atoms with Gasteiger partial charge in [0.05, 0.1) is 5.52 Å². The maximum absolute atomic E-state index is 13.7. The van der Waals surface area contributed by atoms with Gasteiger partial charge in [-0.3, -0.25) is 14.9 Å². The molecule has 24 heavy (non-hydrogen) atoms. The van der Waals surface area contributed by atoms with Crippen LogP contribution in [-0.4, -0.2) is 21.1 Å². The molecule has 3 aromatic rings. The summed E-state index contributed by atoms with van der Waals surface area (Å²) in [5, 5.41) is 11.7. The molecule has 0 fully saturated rings. The lowest BCUT2D eigenvalue weighted by Crippen LogP contribution is -2.22. The van der Waals surface area contributed by atoms with Gasteiger partial charge in [-0.15, -0.1) is 10.2 Å². The third-order valence-corrected chi connectivity index (χ3v) is 4.24. The zero-order valence-corrected chi connectivity index (χ0v) is 13.9. The Balaban J connectivity index is 1.88. The second-order valence-corrected chi connectivity index (χ2v) is 6.81. The van der Waals surface area contributed by atoms with Gasteiger partial charge < -0.3 is 4.98 Å². The SMILES string of the molecule is CC(C)Cc1nnc(NC(=O)c2c[nH]c3c(F)cccc3c2=O)s1. The van der Waals surface area contributed by atoms with Crippen LogP contribution in [0.4, 0.5) is 9.52 Å². The fraction of sp³-hybridized carbons (Fsp3) is 0.250. The molecule has 0 saturated heterocycles. The number of aromatic amines is 1. The van der Waals surface area contributed by atoms with Crippen LogP contribution in [-0.2, 0) is 6.42 Å². The van der Waals surface area contributed by atoms with Crippen LogP contribution in [0.1, 0.15) is 29.2 Å². The molecule has 0 spiro atoms. The lowest BCUT2D eigenvalue weighted by molar-refractivity contribution is 0.102. The predicted octanol–water partition coefficient (Wildman–Crippen LogP) is 2.97. The molecular formula is C16H15FN4O2S. The van der Waals surface area contributed by atoms with Crippen molar-refractivity contribution in [3.63, 3.8) is 0 Å². The molecule has 3 rings (SSSR count). The first-order valence-electron chi connectivity index (χ1n) is 7.39. The fourth-order valence-electron chi connectivity index (χ4n) is 2.28. The van der Waals surface area contributed by atoms with E-state index in [0.717, 1.165) is 11.4 Å². The zero-order chi connectivity index (χ0) is 17.3. The van der Waals surface area contributed by atoms with Gasteiger partial charge in [0, 0.05) is 18.0 Å². The topological polar surface area (TPSA) is 87.7 Å². The van der Waals surface area contributed by atoms with E-state index in [0.29, 0.717) is 11.0 Å². The lowest BCUT2D eigenvalue weighted by atomic mass is 10.1. The maximum atomic E-state index is 13.7. The Morgan fingerprint density at radius 1 is 1.38 bits per heavy atom. The van der Waals surface area contributed by atoms with Crippen molar-refractivity contribution in [1.29, 1.82) is 0 Å². The Bertz CT molecular complexity index is 964. The number of anilines is 1. The van der Waals surface area contributed by atoms with Crippen LogP contribution in [0.25, 0.3) is 10.9 Å². The molecule has 0 aliphatic carbocycles. The van der Waals surface area contributed by atoms with Crippen molar-refractivity contribution in [2.75, 3.05) is 5.32 Å². The van der Waals surface area contributed by atoms with Crippen molar-refractivity contribution in [3.8, 4) is 0 Å². The summed E-state index contributed by atoms with van der Waals surface area (Å²) in [5.74, 6) is -0.714. The molecule has 2 heterocycles. The minimum absolute atomic E-state index is 0.0779. The van der Waals surface area contributed by atoms with E-state index >= 15 is 0 Å². The third-order valence-electron chi connectivity index (χ3n) is 3.38. The lowest BCUT2D eigenvalue weighted by Gasteiger charge is -2.03. The highest BCUT2D eigenvalue weighted by Crippen LogP contribution is 2.19. The van der Waals surface area contributed by atoms with Crippen molar-refractivity contribution in [2.24, 2.45) is 5.92 Å². The monoisotopic (exact) mass is 346 g/mol. The van der Waals surface area contributed by atoms with E-state index in [9.17, 15) is 14.0 Å². The molecule has 2 N–H and O–H groups in total. The molecule has 0 atom stereocenters. The number of pyridine rings is 1. The number of aromatic nitrogens is 3. The van der Waals surface area contributed by atoms with Crippen molar-refractivity contribution in [2.45, 2.75) is 20.3 Å². The predicted molar refractivity (Wildman–Crippen MR) is 90.9 cm³/mol. The van der Waals surface area contributed by atoms with E-state index in [-0.39, 0.29) is 16.5 Å². The van der Waals surface area contributed by atoms with Crippen molar-refractivity contribution in [1.82, 2.24) is 15.2 Å². The van der Waals surface area contributed by atoms with E-state index in [1.54, 1.807) is 0 Å². The number of halogens is 1. The molecular weight excluding hydrogens is 331 g/mol. The number of nitrogens with zero attached hydrogens (tertiary/aromatic N) is 2. The van der Waals surface area contributed by atoms with Crippen LogP contribution in [0, 0.1) is 11.7 Å². The summed E-state index contributed by atoms with van der Waals surface area (Å²) in [7, 11) is 0. The first-order valence-corrected chi connectivity index (χ1v) is 8.21. The summed E-state index contributed by atoms with van der Waals surface area (Å²) < 4.78 is 13.7. The minimum Gasteiger partial charge on any atom is -0.358 e. The first-order chi connectivity index (χ1) is 11.5. The summed E-state index contributed by atoms with van der Waals surface area (Å²) in [4.78, 5) is 27.3. The number of nitrogens with one attached hydrogen (secondary N) is 2. The molecule has 6 nitrogen and oxygen atoms in total. The number of carbonyl (C=O) groups is 1. The van der Waals surface area contributed by atoms with Crippen LogP contribution in [0.15, 0.2) is 29.2 Å². The van der Waals surface area contributed by atoms with E-state index in [2.05, 4.69) is 34.3 Å². The van der Waals surface area contributed by atoms with E-state index in [1.165, 1.54) is 35.7 Å². The highest BCUT2D eigenvalue weighted by molar-refractivity contribution is 7.15. The molecule has 124 valence electrons. The average molecular weight is 346 g/mol. The molecule has 2 aromatic heterocycles. The number of hydrogen-bond donors (Lipinski definition) is 2. The van der Waals surface area contributed by atoms with E-state index < -0.39 is 17.2 Å². The third kappa shape index (κ3) is 3.18. The number of carbonyl (C=O) groups excluding carboxylic acids is 1. The normalized spacial score (nSPS) is 11.2. The standard InChI is InChI=1S/C16H15FN4O2S/c1-8(2)6-12-20-21-16(24-12)19-15(23)10-7-18-13-9(14(10)22)4-3-5-11(13)17/h3-5,7-8H,6H2,1-2H3,(H,18,22)(H,19,21,23). The van der Waals surface area contributed by atoms with Gasteiger partial charge in [-0.25, -0.2) is 4.39 Å². The zero-order valence-electron chi connectivity index (χ0n) is 13.1. The van der Waals surface area contributed by atoms with E-state index in [4.69, 9.17) is 0 Å². The van der Waals surface area contributed by atoms with Crippen LogP contribution in [0.3, 0.4) is 0 Å². The Morgan fingerprint density at radius 3 is 2.92 bits per heavy atom. The summed E-state index contributed by atoms with van der Waals surface area (Å²) in [6, 6.07) is 4.15. The molecule has 1 aromatic carbocycles. The highest BCUT2D eigenvalue weighted by Gasteiger charge is 2.16. The second kappa shape index (κ2) is 6.48. The van der Waals surface area contributed by atoms with Gasteiger partial charge in [0.1, 0.15) is 16.4 Å². The Hall–Kier alpha value is -2.61. The van der Waals surface area contributed by atoms with Gasteiger partial charge in [0.2, 0.25) is 10.6 Å². The van der Waals surface area contributed by atoms with Crippen LogP contribution < -0.4 is 10.7 Å². The summed E-state index contributed by atoms with van der Waals surface area (Å²) in [6.07, 6.45) is 1.97. The van der Waals surface area contributed by atoms with Gasteiger partial charge >= 0.3 is 0 Å². The Kier molecular flexibility index (Phi) is 4.39. The Labute approximate surface area is 140 Å². The second-order valence-electron chi connectivity index (χ2n) is 5.75. The molecule has 0 saturated carbocycles. The quantitative estimate of drug-likeness (QED) is 0.760. The van der Waals surface area contributed by atoms with Gasteiger partial charge in [-0.1, -0.05) is 31.3 Å². The van der Waals surface area contributed by atoms with Crippen LogP contribution in [0.5, 0.6) is 0 Å². The molecule has 8 heteroatoms. The van der Waals surface area contributed by atoms with Gasteiger partial charge in [0.15, 0.2) is 0 Å². The smallest absolute Gasteiger partial charge is 0.262 e. The number of amides is 1. The van der Waals surface area contributed by atoms with Crippen molar-refractivity contribution < 1.29 is 9.18 Å². The Morgan fingerprint density at radius 2 is 2.17 bits per heavy atom. The van der Waals surface area contributed by atoms with Gasteiger partial charge in [0.25, 0.3) is 5.91 Å². The minimum atomic E-state index is -0.602. The highest BCUT2D eigenvalue weighted by atomic mass is 32.1. The van der Waals surface area contributed by atoms with Crippen molar-refractivity contribution in [3.05, 3.63) is 51.0 Å². The molecule has 0 aliphatic heterocycles. The number of para-hydroxylation sites is 1.